The van der Waals surface area contributed by atoms with Gasteiger partial charge in [-0.25, -0.2) is 9.37 Å². The van der Waals surface area contributed by atoms with E-state index < -0.39 is 5.75 Å². The molecular weight excluding hydrogens is 261 g/mol. The van der Waals surface area contributed by atoms with Crippen molar-refractivity contribution in [3.63, 3.8) is 0 Å². The van der Waals surface area contributed by atoms with Crippen LogP contribution in [0.2, 0.25) is 0 Å². The molecule has 100 valence electrons. The molecule has 0 spiro atoms. The summed E-state index contributed by atoms with van der Waals surface area (Å²) in [5, 5.41) is 29.2. The van der Waals surface area contributed by atoms with Crippen LogP contribution in [0.1, 0.15) is 0 Å². The molecule has 0 aliphatic rings. The Hall–Kier alpha value is -2.82. The maximum Gasteiger partial charge on any atom is 0.170 e. The van der Waals surface area contributed by atoms with Gasteiger partial charge >= 0.3 is 0 Å². The smallest absolute Gasteiger partial charge is 0.170 e. The standard InChI is InChI=1S/C15H10FNO3/c16-9-3-1-8(2-4-9)11-7-13(19)14-10(17-11)5-6-12(18)15(14)20/h1-7,18,20H,(H,17,19). The first-order valence-corrected chi connectivity index (χ1v) is 5.87. The number of halogens is 1. The van der Waals surface area contributed by atoms with Crippen molar-refractivity contribution >= 4 is 10.9 Å². The largest absolute Gasteiger partial charge is 0.507 e. The number of hydrogen-bond acceptors (Lipinski definition) is 4. The predicted octanol–water partition coefficient (Wildman–Crippen LogP) is 3.16. The molecule has 3 rings (SSSR count). The van der Waals surface area contributed by atoms with E-state index in [0.717, 1.165) is 0 Å². The van der Waals surface area contributed by atoms with Crippen LogP contribution >= 0.6 is 0 Å². The minimum atomic E-state index is -0.418. The fourth-order valence-electron chi connectivity index (χ4n) is 2.05. The van der Waals surface area contributed by atoms with Crippen LogP contribution in [-0.4, -0.2) is 20.3 Å². The van der Waals surface area contributed by atoms with Gasteiger partial charge in [0.15, 0.2) is 11.5 Å². The lowest BCUT2D eigenvalue weighted by Crippen LogP contribution is -1.87. The lowest BCUT2D eigenvalue weighted by molar-refractivity contribution is 0.405. The number of phenolic OH excluding ortho intramolecular Hbond substituents is 2. The fraction of sp³-hybridized carbons (Fsp3) is 0. The van der Waals surface area contributed by atoms with Crippen LogP contribution in [0.15, 0.2) is 42.5 Å². The summed E-state index contributed by atoms with van der Waals surface area (Å²) in [5.74, 6) is -1.31. The Labute approximate surface area is 113 Å². The summed E-state index contributed by atoms with van der Waals surface area (Å²) in [6.45, 7) is 0. The van der Waals surface area contributed by atoms with Crippen molar-refractivity contribution in [1.82, 2.24) is 4.98 Å². The van der Waals surface area contributed by atoms with Gasteiger partial charge in [0.2, 0.25) is 0 Å². The quantitative estimate of drug-likeness (QED) is 0.594. The second-order valence-corrected chi connectivity index (χ2v) is 4.36. The highest BCUT2D eigenvalue weighted by atomic mass is 19.1. The van der Waals surface area contributed by atoms with E-state index in [1.165, 1.54) is 30.3 Å². The maximum absolute atomic E-state index is 12.9. The molecule has 0 bridgehead atoms. The third kappa shape index (κ3) is 1.89. The van der Waals surface area contributed by atoms with E-state index in [1.807, 2.05) is 0 Å². The van der Waals surface area contributed by atoms with Gasteiger partial charge in [-0.2, -0.15) is 0 Å². The Morgan fingerprint density at radius 2 is 1.55 bits per heavy atom. The van der Waals surface area contributed by atoms with Crippen molar-refractivity contribution in [2.45, 2.75) is 0 Å². The molecule has 2 aromatic carbocycles. The molecule has 5 heteroatoms. The summed E-state index contributed by atoms with van der Waals surface area (Å²) in [7, 11) is 0. The van der Waals surface area contributed by atoms with E-state index in [9.17, 15) is 19.7 Å². The molecule has 1 heterocycles. The molecule has 0 aliphatic carbocycles. The average Bonchev–Trinajstić information content (AvgIpc) is 2.43. The van der Waals surface area contributed by atoms with Crippen LogP contribution < -0.4 is 0 Å². The van der Waals surface area contributed by atoms with E-state index >= 15 is 0 Å². The minimum absolute atomic E-state index is 0.0795. The monoisotopic (exact) mass is 271 g/mol. The van der Waals surface area contributed by atoms with Gasteiger partial charge in [-0.3, -0.25) is 0 Å². The number of hydrogen-bond donors (Lipinski definition) is 3. The van der Waals surface area contributed by atoms with E-state index in [0.29, 0.717) is 16.8 Å². The lowest BCUT2D eigenvalue weighted by Gasteiger charge is -2.08. The van der Waals surface area contributed by atoms with Crippen LogP contribution in [0.4, 0.5) is 4.39 Å². The third-order valence-electron chi connectivity index (χ3n) is 3.05. The van der Waals surface area contributed by atoms with Gasteiger partial charge in [0, 0.05) is 11.6 Å². The SMILES string of the molecule is Oc1ccc2nc(-c3ccc(F)cc3)cc(O)c2c1O. The number of rotatable bonds is 1. The molecule has 0 amide bonds. The molecular formula is C15H10FNO3. The Morgan fingerprint density at radius 3 is 2.25 bits per heavy atom. The van der Waals surface area contributed by atoms with Gasteiger partial charge in [-0.05, 0) is 36.4 Å². The van der Waals surface area contributed by atoms with Crippen molar-refractivity contribution in [3.05, 3.63) is 48.3 Å². The Bertz CT molecular complexity index is 800. The van der Waals surface area contributed by atoms with Crippen LogP contribution in [0.25, 0.3) is 22.2 Å². The number of phenols is 2. The molecule has 3 aromatic rings. The maximum atomic E-state index is 12.9. The first kappa shape index (κ1) is 12.2. The molecule has 0 saturated heterocycles. The first-order chi connectivity index (χ1) is 9.56. The summed E-state index contributed by atoms with van der Waals surface area (Å²) in [6, 6.07) is 9.82. The average molecular weight is 271 g/mol. The second kappa shape index (κ2) is 4.38. The molecule has 0 saturated carbocycles. The van der Waals surface area contributed by atoms with E-state index in [2.05, 4.69) is 4.98 Å². The molecule has 4 nitrogen and oxygen atoms in total. The molecule has 3 N–H and O–H groups in total. The number of aromatic nitrogens is 1. The summed E-state index contributed by atoms with van der Waals surface area (Å²) in [6.07, 6.45) is 0. The van der Waals surface area contributed by atoms with Crippen molar-refractivity contribution in [2.24, 2.45) is 0 Å². The highest BCUT2D eigenvalue weighted by molar-refractivity contribution is 5.94. The van der Waals surface area contributed by atoms with Crippen LogP contribution in [-0.2, 0) is 0 Å². The second-order valence-electron chi connectivity index (χ2n) is 4.36. The van der Waals surface area contributed by atoms with Gasteiger partial charge < -0.3 is 15.3 Å². The number of aromatic hydroxyl groups is 3. The van der Waals surface area contributed by atoms with Gasteiger partial charge in [0.25, 0.3) is 0 Å². The molecule has 0 atom stereocenters. The van der Waals surface area contributed by atoms with Crippen molar-refractivity contribution < 1.29 is 19.7 Å². The Morgan fingerprint density at radius 1 is 0.850 bits per heavy atom. The zero-order valence-electron chi connectivity index (χ0n) is 10.2. The summed E-state index contributed by atoms with van der Waals surface area (Å²) in [4.78, 5) is 4.28. The summed E-state index contributed by atoms with van der Waals surface area (Å²) in [5.41, 5.74) is 1.41. The fourth-order valence-corrected chi connectivity index (χ4v) is 2.05. The van der Waals surface area contributed by atoms with E-state index in [1.54, 1.807) is 12.1 Å². The van der Waals surface area contributed by atoms with Crippen molar-refractivity contribution in [3.8, 4) is 28.5 Å². The number of pyridine rings is 1. The van der Waals surface area contributed by atoms with Gasteiger partial charge in [-0.15, -0.1) is 0 Å². The molecule has 20 heavy (non-hydrogen) atoms. The number of nitrogens with zero attached hydrogens (tertiary/aromatic N) is 1. The molecule has 0 fully saturated rings. The summed E-state index contributed by atoms with van der Waals surface area (Å²) >= 11 is 0. The van der Waals surface area contributed by atoms with Crippen LogP contribution in [0, 0.1) is 5.82 Å². The Balaban J connectivity index is 2.25. The van der Waals surface area contributed by atoms with Gasteiger partial charge in [-0.1, -0.05) is 0 Å². The molecule has 1 aromatic heterocycles. The lowest BCUT2D eigenvalue weighted by atomic mass is 10.1. The normalized spacial score (nSPS) is 10.8. The topological polar surface area (TPSA) is 73.6 Å². The van der Waals surface area contributed by atoms with Crippen LogP contribution in [0.5, 0.6) is 17.2 Å². The van der Waals surface area contributed by atoms with E-state index in [4.69, 9.17) is 0 Å². The zero-order valence-corrected chi connectivity index (χ0v) is 10.2. The highest BCUT2D eigenvalue weighted by Crippen LogP contribution is 2.39. The summed E-state index contributed by atoms with van der Waals surface area (Å²) < 4.78 is 12.9. The van der Waals surface area contributed by atoms with Crippen molar-refractivity contribution in [2.75, 3.05) is 0 Å². The van der Waals surface area contributed by atoms with Gasteiger partial charge in [0.1, 0.15) is 11.6 Å². The van der Waals surface area contributed by atoms with E-state index in [-0.39, 0.29) is 22.7 Å². The molecule has 0 aliphatic heterocycles. The minimum Gasteiger partial charge on any atom is -0.507 e. The van der Waals surface area contributed by atoms with Gasteiger partial charge in [0.05, 0.1) is 16.6 Å². The Kier molecular flexibility index (Phi) is 2.68. The molecule has 0 radical (unpaired) electrons. The number of benzene rings is 2. The number of fused-ring (bicyclic) bond motifs is 1. The zero-order chi connectivity index (χ0) is 14.3. The van der Waals surface area contributed by atoms with Crippen LogP contribution in [0.3, 0.4) is 0 Å². The van der Waals surface area contributed by atoms with Crippen molar-refractivity contribution in [1.29, 1.82) is 0 Å². The molecule has 0 unspecified atom stereocenters. The highest BCUT2D eigenvalue weighted by Gasteiger charge is 2.13. The third-order valence-corrected chi connectivity index (χ3v) is 3.05. The predicted molar refractivity (Wildman–Crippen MR) is 72.1 cm³/mol. The first-order valence-electron chi connectivity index (χ1n) is 5.87.